The van der Waals surface area contributed by atoms with Crippen molar-refractivity contribution < 1.29 is 0 Å². The molecule has 0 unspecified atom stereocenters. The van der Waals surface area contributed by atoms with Gasteiger partial charge >= 0.3 is 0 Å². The van der Waals surface area contributed by atoms with Crippen molar-refractivity contribution >= 4 is 27.4 Å². The standard InChI is InChI=1S/C27H37N5S/c1-30(2)14-9-15-31-16-18-32(19-17-31)26-25-22-12-7-4-8-13-23(22)33-27(25)29-24(28-26)20-21-10-5-3-6-11-21/h3,5-6,10-11H,4,7-9,12-20H2,1-2H3. The van der Waals surface area contributed by atoms with E-state index in [1.165, 1.54) is 66.7 Å². The number of piperazine rings is 1. The van der Waals surface area contributed by atoms with Gasteiger partial charge < -0.3 is 9.80 Å². The Morgan fingerprint density at radius 1 is 0.939 bits per heavy atom. The first-order valence-electron chi connectivity index (χ1n) is 12.6. The normalized spacial score (nSPS) is 17.5. The van der Waals surface area contributed by atoms with Crippen molar-refractivity contribution in [2.75, 3.05) is 58.3 Å². The molecule has 0 spiro atoms. The molecular weight excluding hydrogens is 426 g/mol. The highest BCUT2D eigenvalue weighted by Gasteiger charge is 2.25. The van der Waals surface area contributed by atoms with Crippen LogP contribution in [0.1, 0.15) is 47.5 Å². The highest BCUT2D eigenvalue weighted by atomic mass is 32.1. The number of hydrogen-bond acceptors (Lipinski definition) is 6. The van der Waals surface area contributed by atoms with Crippen LogP contribution in [0.15, 0.2) is 30.3 Å². The fraction of sp³-hybridized carbons (Fsp3) is 0.556. The van der Waals surface area contributed by atoms with Crippen molar-refractivity contribution in [1.29, 1.82) is 0 Å². The minimum Gasteiger partial charge on any atom is -0.353 e. The fourth-order valence-corrected chi connectivity index (χ4v) is 6.51. The average Bonchev–Trinajstić information content (AvgIpc) is 3.00. The van der Waals surface area contributed by atoms with Crippen LogP contribution in [0.4, 0.5) is 5.82 Å². The summed E-state index contributed by atoms with van der Waals surface area (Å²) in [6.45, 7) is 6.72. The van der Waals surface area contributed by atoms with Crippen LogP contribution < -0.4 is 4.90 Å². The maximum absolute atomic E-state index is 5.24. The molecule has 3 aromatic rings. The lowest BCUT2D eigenvalue weighted by molar-refractivity contribution is 0.242. The molecular formula is C27H37N5S. The van der Waals surface area contributed by atoms with E-state index in [9.17, 15) is 0 Å². The summed E-state index contributed by atoms with van der Waals surface area (Å²) in [5.74, 6) is 2.17. The average molecular weight is 464 g/mol. The molecule has 0 bridgehead atoms. The van der Waals surface area contributed by atoms with Crippen LogP contribution in [0.3, 0.4) is 0 Å². The number of fused-ring (bicyclic) bond motifs is 3. The number of thiophene rings is 1. The van der Waals surface area contributed by atoms with Gasteiger partial charge in [0.05, 0.1) is 5.39 Å². The highest BCUT2D eigenvalue weighted by molar-refractivity contribution is 7.19. The van der Waals surface area contributed by atoms with Crippen LogP contribution in [0.2, 0.25) is 0 Å². The maximum Gasteiger partial charge on any atom is 0.141 e. The summed E-state index contributed by atoms with van der Waals surface area (Å²) < 4.78 is 0. The van der Waals surface area contributed by atoms with Gasteiger partial charge in [-0.15, -0.1) is 11.3 Å². The fourth-order valence-electron chi connectivity index (χ4n) is 5.24. The van der Waals surface area contributed by atoms with Crippen LogP contribution in [0.25, 0.3) is 10.2 Å². The largest absolute Gasteiger partial charge is 0.353 e. The molecule has 0 radical (unpaired) electrons. The molecule has 1 aromatic carbocycles. The predicted molar refractivity (Wildman–Crippen MR) is 140 cm³/mol. The molecule has 5 rings (SSSR count). The van der Waals surface area contributed by atoms with Gasteiger partial charge in [-0.05, 0) is 70.4 Å². The molecule has 1 saturated heterocycles. The number of aryl methyl sites for hydroxylation is 2. The van der Waals surface area contributed by atoms with Gasteiger partial charge in [-0.2, -0.15) is 0 Å². The number of rotatable bonds is 7. The summed E-state index contributed by atoms with van der Waals surface area (Å²) in [7, 11) is 4.32. The van der Waals surface area contributed by atoms with Crippen LogP contribution in [0.5, 0.6) is 0 Å². The van der Waals surface area contributed by atoms with Crippen molar-refractivity contribution in [2.45, 2.75) is 44.9 Å². The number of nitrogens with zero attached hydrogens (tertiary/aromatic N) is 5. The van der Waals surface area contributed by atoms with Crippen molar-refractivity contribution in [3.05, 3.63) is 52.2 Å². The maximum atomic E-state index is 5.24. The highest BCUT2D eigenvalue weighted by Crippen LogP contribution is 2.39. The van der Waals surface area contributed by atoms with Crippen LogP contribution in [0, 0.1) is 0 Å². The van der Waals surface area contributed by atoms with Crippen molar-refractivity contribution in [3.8, 4) is 0 Å². The Kier molecular flexibility index (Phi) is 7.24. The minimum absolute atomic E-state index is 0.802. The number of aromatic nitrogens is 2. The molecule has 1 aliphatic carbocycles. The lowest BCUT2D eigenvalue weighted by atomic mass is 10.1. The first-order chi connectivity index (χ1) is 16.2. The third kappa shape index (κ3) is 5.39. The number of benzene rings is 1. The Morgan fingerprint density at radius 2 is 1.73 bits per heavy atom. The van der Waals surface area contributed by atoms with Gasteiger partial charge in [-0.1, -0.05) is 36.8 Å². The summed E-state index contributed by atoms with van der Waals surface area (Å²) in [4.78, 5) is 20.6. The van der Waals surface area contributed by atoms with Crippen molar-refractivity contribution in [3.63, 3.8) is 0 Å². The Balaban J connectivity index is 1.42. The lowest BCUT2D eigenvalue weighted by Gasteiger charge is -2.36. The monoisotopic (exact) mass is 463 g/mol. The molecule has 5 nitrogen and oxygen atoms in total. The lowest BCUT2D eigenvalue weighted by Crippen LogP contribution is -2.47. The van der Waals surface area contributed by atoms with Gasteiger partial charge in [0.25, 0.3) is 0 Å². The molecule has 1 aliphatic heterocycles. The third-order valence-corrected chi connectivity index (χ3v) is 8.23. The molecule has 0 amide bonds. The predicted octanol–water partition coefficient (Wildman–Crippen LogP) is 4.62. The third-order valence-electron chi connectivity index (χ3n) is 7.05. The second kappa shape index (κ2) is 10.5. The van der Waals surface area contributed by atoms with Crippen LogP contribution in [-0.2, 0) is 19.3 Å². The van der Waals surface area contributed by atoms with Crippen molar-refractivity contribution in [1.82, 2.24) is 19.8 Å². The Labute approximate surface area is 202 Å². The molecule has 2 aliphatic rings. The molecule has 1 fully saturated rings. The van der Waals surface area contributed by atoms with E-state index < -0.39 is 0 Å². The zero-order valence-corrected chi connectivity index (χ0v) is 21.0. The van der Waals surface area contributed by atoms with Crippen LogP contribution >= 0.6 is 11.3 Å². The quantitative estimate of drug-likeness (QED) is 0.478. The molecule has 33 heavy (non-hydrogen) atoms. The Hall–Kier alpha value is -2.02. The van der Waals surface area contributed by atoms with E-state index in [1.54, 1.807) is 10.4 Å². The van der Waals surface area contributed by atoms with E-state index in [0.29, 0.717) is 0 Å². The molecule has 0 N–H and O–H groups in total. The molecule has 6 heteroatoms. The molecule has 3 heterocycles. The smallest absolute Gasteiger partial charge is 0.141 e. The van der Waals surface area contributed by atoms with E-state index in [2.05, 4.69) is 59.1 Å². The number of anilines is 1. The molecule has 0 atom stereocenters. The summed E-state index contributed by atoms with van der Waals surface area (Å²) in [6, 6.07) is 10.7. The first-order valence-corrected chi connectivity index (χ1v) is 13.5. The van der Waals surface area contributed by atoms with E-state index in [-0.39, 0.29) is 0 Å². The van der Waals surface area contributed by atoms with Crippen molar-refractivity contribution in [2.24, 2.45) is 0 Å². The zero-order valence-electron chi connectivity index (χ0n) is 20.2. The van der Waals surface area contributed by atoms with E-state index in [1.807, 2.05) is 11.3 Å². The van der Waals surface area contributed by atoms with Crippen LogP contribution in [-0.4, -0.2) is 73.1 Å². The molecule has 0 saturated carbocycles. The van der Waals surface area contributed by atoms with E-state index in [0.717, 1.165) is 45.0 Å². The summed E-state index contributed by atoms with van der Waals surface area (Å²) in [5, 5.41) is 1.37. The number of hydrogen-bond donors (Lipinski definition) is 0. The van der Waals surface area contributed by atoms with Gasteiger partial charge in [0, 0.05) is 37.5 Å². The van der Waals surface area contributed by atoms with E-state index in [4.69, 9.17) is 9.97 Å². The Bertz CT molecular complexity index is 1050. The van der Waals surface area contributed by atoms with Gasteiger partial charge in [-0.25, -0.2) is 9.97 Å². The second-order valence-corrected chi connectivity index (χ2v) is 10.9. The first kappa shape index (κ1) is 22.8. The molecule has 176 valence electrons. The van der Waals surface area contributed by atoms with Gasteiger partial charge in [0.2, 0.25) is 0 Å². The zero-order chi connectivity index (χ0) is 22.6. The topological polar surface area (TPSA) is 35.5 Å². The molecule has 2 aromatic heterocycles. The van der Waals surface area contributed by atoms with Gasteiger partial charge in [-0.3, -0.25) is 4.90 Å². The van der Waals surface area contributed by atoms with Gasteiger partial charge in [0.15, 0.2) is 0 Å². The summed E-state index contributed by atoms with van der Waals surface area (Å²) in [5.41, 5.74) is 2.84. The minimum atomic E-state index is 0.802. The SMILES string of the molecule is CN(C)CCCN1CCN(c2nc(Cc3ccccc3)nc3sc4c(c23)CCCCC4)CC1. The second-order valence-electron chi connectivity index (χ2n) is 9.86. The van der Waals surface area contributed by atoms with Gasteiger partial charge in [0.1, 0.15) is 16.5 Å². The summed E-state index contributed by atoms with van der Waals surface area (Å²) >= 11 is 1.94. The van der Waals surface area contributed by atoms with E-state index >= 15 is 0 Å². The Morgan fingerprint density at radius 3 is 2.52 bits per heavy atom. The summed E-state index contributed by atoms with van der Waals surface area (Å²) in [6.07, 6.45) is 8.39.